The van der Waals surface area contributed by atoms with Crippen LogP contribution >= 0.6 is 0 Å². The van der Waals surface area contributed by atoms with E-state index in [0.29, 0.717) is 17.3 Å². The molecule has 122 valence electrons. The van der Waals surface area contributed by atoms with Gasteiger partial charge in [-0.15, -0.1) is 5.10 Å². The van der Waals surface area contributed by atoms with E-state index < -0.39 is 0 Å². The molecule has 0 aliphatic heterocycles. The number of nitrogens with one attached hydrogen (secondary N) is 3. The van der Waals surface area contributed by atoms with Crippen molar-refractivity contribution < 1.29 is 9.53 Å². The standard InChI is InChI=1S/C16H16N6O2/c1-24-11-4-2-3-10(7-11)12-8-13(20-19-12)15(23)18-16-17-14(21-22-16)9-5-6-9/h2-4,7-9H,5-6H2,1H3,(H,19,20)(H2,17,18,21,22,23). The molecule has 0 radical (unpaired) electrons. The Morgan fingerprint density at radius 2 is 2.12 bits per heavy atom. The van der Waals surface area contributed by atoms with E-state index in [1.165, 1.54) is 0 Å². The van der Waals surface area contributed by atoms with E-state index in [4.69, 9.17) is 4.74 Å². The van der Waals surface area contributed by atoms with E-state index in [9.17, 15) is 4.79 Å². The third-order valence-electron chi connectivity index (χ3n) is 3.88. The molecule has 3 N–H and O–H groups in total. The average molecular weight is 324 g/mol. The van der Waals surface area contributed by atoms with Crippen LogP contribution in [0.25, 0.3) is 11.3 Å². The van der Waals surface area contributed by atoms with Crippen LogP contribution in [0.5, 0.6) is 5.75 Å². The summed E-state index contributed by atoms with van der Waals surface area (Å²) in [5.74, 6) is 1.95. The lowest BCUT2D eigenvalue weighted by molar-refractivity contribution is 0.102. The third-order valence-corrected chi connectivity index (χ3v) is 3.88. The van der Waals surface area contributed by atoms with E-state index in [0.717, 1.165) is 30.0 Å². The zero-order valence-electron chi connectivity index (χ0n) is 13.0. The van der Waals surface area contributed by atoms with Gasteiger partial charge in [0.25, 0.3) is 5.91 Å². The van der Waals surface area contributed by atoms with Gasteiger partial charge in [-0.05, 0) is 31.0 Å². The number of H-pyrrole nitrogens is 2. The predicted molar refractivity (Wildman–Crippen MR) is 86.9 cm³/mol. The highest BCUT2D eigenvalue weighted by Gasteiger charge is 2.27. The number of carbonyl (C=O) groups is 1. The van der Waals surface area contributed by atoms with E-state index in [1.807, 2.05) is 24.3 Å². The molecule has 1 saturated carbocycles. The van der Waals surface area contributed by atoms with Crippen molar-refractivity contribution in [2.45, 2.75) is 18.8 Å². The van der Waals surface area contributed by atoms with Gasteiger partial charge in [0.15, 0.2) is 0 Å². The maximum absolute atomic E-state index is 12.3. The summed E-state index contributed by atoms with van der Waals surface area (Å²) < 4.78 is 5.20. The minimum atomic E-state index is -0.335. The van der Waals surface area contributed by atoms with Gasteiger partial charge in [-0.1, -0.05) is 12.1 Å². The monoisotopic (exact) mass is 324 g/mol. The molecule has 24 heavy (non-hydrogen) atoms. The maximum atomic E-state index is 12.3. The molecule has 1 amide bonds. The Balaban J connectivity index is 1.49. The summed E-state index contributed by atoms with van der Waals surface area (Å²) in [6.45, 7) is 0. The van der Waals surface area contributed by atoms with Gasteiger partial charge in [-0.3, -0.25) is 20.3 Å². The first-order valence-electron chi connectivity index (χ1n) is 7.66. The second-order valence-electron chi connectivity index (χ2n) is 5.67. The Morgan fingerprint density at radius 1 is 1.25 bits per heavy atom. The average Bonchev–Trinajstić information content (AvgIpc) is 3.15. The van der Waals surface area contributed by atoms with Crippen molar-refractivity contribution in [3.63, 3.8) is 0 Å². The van der Waals surface area contributed by atoms with Crippen LogP contribution in [0, 0.1) is 0 Å². The Labute approximate surface area is 137 Å². The number of carbonyl (C=O) groups excluding carboxylic acids is 1. The van der Waals surface area contributed by atoms with Crippen LogP contribution in [0.1, 0.15) is 35.1 Å². The summed E-state index contributed by atoms with van der Waals surface area (Å²) in [5.41, 5.74) is 1.86. The molecular formula is C16H16N6O2. The molecule has 0 bridgehead atoms. The first-order chi connectivity index (χ1) is 11.7. The molecule has 3 aromatic rings. The van der Waals surface area contributed by atoms with Crippen LogP contribution < -0.4 is 10.1 Å². The van der Waals surface area contributed by atoms with Gasteiger partial charge in [0, 0.05) is 11.5 Å². The second-order valence-corrected chi connectivity index (χ2v) is 5.67. The van der Waals surface area contributed by atoms with E-state index in [2.05, 4.69) is 30.7 Å². The number of aromatic amines is 2. The minimum absolute atomic E-state index is 0.277. The van der Waals surface area contributed by atoms with Crippen LogP contribution in [0.15, 0.2) is 30.3 Å². The van der Waals surface area contributed by atoms with Gasteiger partial charge in [-0.2, -0.15) is 10.1 Å². The number of anilines is 1. The fraction of sp³-hybridized carbons (Fsp3) is 0.250. The quantitative estimate of drug-likeness (QED) is 0.667. The number of methoxy groups -OCH3 is 1. The normalized spacial score (nSPS) is 13.7. The van der Waals surface area contributed by atoms with Gasteiger partial charge in [-0.25, -0.2) is 0 Å². The van der Waals surface area contributed by atoms with Crippen LogP contribution in [-0.4, -0.2) is 38.4 Å². The van der Waals surface area contributed by atoms with Crippen molar-refractivity contribution in [2.75, 3.05) is 12.4 Å². The molecule has 1 aliphatic carbocycles. The summed E-state index contributed by atoms with van der Waals surface area (Å²) in [6, 6.07) is 9.16. The van der Waals surface area contributed by atoms with Crippen LogP contribution in [0.2, 0.25) is 0 Å². The van der Waals surface area contributed by atoms with Crippen LogP contribution in [-0.2, 0) is 0 Å². The fourth-order valence-electron chi connectivity index (χ4n) is 2.41. The first-order valence-corrected chi connectivity index (χ1v) is 7.66. The number of amides is 1. The van der Waals surface area contributed by atoms with Crippen LogP contribution in [0.3, 0.4) is 0 Å². The van der Waals surface area contributed by atoms with Gasteiger partial charge < -0.3 is 4.74 Å². The Hall–Kier alpha value is -3.16. The summed E-state index contributed by atoms with van der Waals surface area (Å²) in [6.07, 6.45) is 2.24. The molecule has 8 nitrogen and oxygen atoms in total. The van der Waals surface area contributed by atoms with Gasteiger partial charge in [0.1, 0.15) is 17.3 Å². The maximum Gasteiger partial charge on any atom is 0.276 e. The zero-order chi connectivity index (χ0) is 16.5. The summed E-state index contributed by atoms with van der Waals surface area (Å²) in [7, 11) is 1.61. The van der Waals surface area contributed by atoms with Crippen molar-refractivity contribution >= 4 is 11.9 Å². The number of benzene rings is 1. The van der Waals surface area contributed by atoms with E-state index in [1.54, 1.807) is 13.2 Å². The Bertz CT molecular complexity index is 880. The summed E-state index contributed by atoms with van der Waals surface area (Å²) >= 11 is 0. The topological polar surface area (TPSA) is 109 Å². The number of ether oxygens (including phenoxy) is 1. The van der Waals surface area contributed by atoms with Gasteiger partial charge in [0.2, 0.25) is 5.95 Å². The highest BCUT2D eigenvalue weighted by molar-refractivity contribution is 6.02. The molecule has 2 heterocycles. The molecule has 0 spiro atoms. The molecule has 1 fully saturated rings. The number of hydrogen-bond donors (Lipinski definition) is 3. The number of nitrogens with zero attached hydrogens (tertiary/aromatic N) is 3. The lowest BCUT2D eigenvalue weighted by Crippen LogP contribution is -2.13. The lowest BCUT2D eigenvalue weighted by atomic mass is 10.1. The van der Waals surface area contributed by atoms with Crippen molar-refractivity contribution in [2.24, 2.45) is 0 Å². The summed E-state index contributed by atoms with van der Waals surface area (Å²) in [4.78, 5) is 16.6. The van der Waals surface area contributed by atoms with E-state index in [-0.39, 0.29) is 11.9 Å². The Kier molecular flexibility index (Phi) is 3.49. The smallest absolute Gasteiger partial charge is 0.276 e. The predicted octanol–water partition coefficient (Wildman–Crippen LogP) is 2.33. The SMILES string of the molecule is COc1cccc(-c2cc(C(=O)Nc3n[nH]c(C4CC4)n3)[nH]n2)c1. The zero-order valence-corrected chi connectivity index (χ0v) is 13.0. The third kappa shape index (κ3) is 2.85. The lowest BCUT2D eigenvalue weighted by Gasteiger charge is -2.01. The number of rotatable bonds is 5. The van der Waals surface area contributed by atoms with Crippen molar-refractivity contribution in [3.05, 3.63) is 41.9 Å². The molecule has 1 aromatic carbocycles. The van der Waals surface area contributed by atoms with Crippen LogP contribution in [0.4, 0.5) is 5.95 Å². The molecule has 0 atom stereocenters. The highest BCUT2D eigenvalue weighted by Crippen LogP contribution is 2.38. The molecule has 4 rings (SSSR count). The molecule has 0 saturated heterocycles. The fourth-order valence-corrected chi connectivity index (χ4v) is 2.41. The van der Waals surface area contributed by atoms with Crippen molar-refractivity contribution in [1.29, 1.82) is 0 Å². The molecule has 1 aliphatic rings. The van der Waals surface area contributed by atoms with Crippen molar-refractivity contribution in [3.8, 4) is 17.0 Å². The molecule has 0 unspecified atom stereocenters. The molecule has 8 heteroatoms. The first kappa shape index (κ1) is 14.4. The largest absolute Gasteiger partial charge is 0.497 e. The number of hydrogen-bond acceptors (Lipinski definition) is 5. The molecular weight excluding hydrogens is 308 g/mol. The van der Waals surface area contributed by atoms with Gasteiger partial charge in [0.05, 0.1) is 12.8 Å². The minimum Gasteiger partial charge on any atom is -0.497 e. The number of aromatic nitrogens is 5. The second kappa shape index (κ2) is 5.80. The molecule has 2 aromatic heterocycles. The van der Waals surface area contributed by atoms with Gasteiger partial charge >= 0.3 is 0 Å². The van der Waals surface area contributed by atoms with Crippen molar-refractivity contribution in [1.82, 2.24) is 25.4 Å². The Morgan fingerprint density at radius 3 is 2.92 bits per heavy atom. The summed E-state index contributed by atoms with van der Waals surface area (Å²) in [5, 5.41) is 16.4. The highest BCUT2D eigenvalue weighted by atomic mass is 16.5. The van der Waals surface area contributed by atoms with E-state index >= 15 is 0 Å².